The summed E-state index contributed by atoms with van der Waals surface area (Å²) in [6, 6.07) is 0. The summed E-state index contributed by atoms with van der Waals surface area (Å²) in [5.74, 6) is 0.289. The van der Waals surface area contributed by atoms with Gasteiger partial charge in [-0.15, -0.1) is 5.10 Å². The Morgan fingerprint density at radius 1 is 1.55 bits per heavy atom. The zero-order chi connectivity index (χ0) is 14.6. The van der Waals surface area contributed by atoms with Crippen LogP contribution in [0.15, 0.2) is 5.16 Å². The van der Waals surface area contributed by atoms with E-state index in [1.165, 1.54) is 11.8 Å². The van der Waals surface area contributed by atoms with Gasteiger partial charge in [-0.2, -0.15) is 0 Å². The molecular formula is C12H21N5O2S. The summed E-state index contributed by atoms with van der Waals surface area (Å²) in [5, 5.41) is 15.1. The maximum absolute atomic E-state index is 11.8. The molecule has 0 aromatic carbocycles. The lowest BCUT2D eigenvalue weighted by Gasteiger charge is -2.19. The third-order valence-electron chi connectivity index (χ3n) is 2.96. The van der Waals surface area contributed by atoms with Crippen molar-refractivity contribution in [1.29, 1.82) is 0 Å². The number of nitrogens with one attached hydrogen (secondary N) is 1. The summed E-state index contributed by atoms with van der Waals surface area (Å²) in [5.41, 5.74) is -0.194. The van der Waals surface area contributed by atoms with Gasteiger partial charge in [0.2, 0.25) is 11.1 Å². The van der Waals surface area contributed by atoms with Crippen LogP contribution >= 0.6 is 11.8 Å². The standard InChI is InChI=1S/C12H21N5O2S/c1-12(2,3)17-11(14-15-16-17)20-8-10(18)13-7-9-5-4-6-19-9/h9H,4-8H2,1-3H3,(H,13,18)/t9-/m1/s1. The fourth-order valence-electron chi connectivity index (χ4n) is 1.90. The van der Waals surface area contributed by atoms with Gasteiger partial charge in [0.15, 0.2) is 0 Å². The van der Waals surface area contributed by atoms with Gasteiger partial charge in [-0.25, -0.2) is 4.68 Å². The predicted octanol–water partition coefficient (Wildman–Crippen LogP) is 0.815. The van der Waals surface area contributed by atoms with Gasteiger partial charge in [0.05, 0.1) is 17.4 Å². The lowest BCUT2D eigenvalue weighted by Crippen LogP contribution is -2.33. The van der Waals surface area contributed by atoms with Crippen LogP contribution in [0.25, 0.3) is 0 Å². The third-order valence-corrected chi connectivity index (χ3v) is 3.88. The van der Waals surface area contributed by atoms with Gasteiger partial charge in [-0.05, 0) is 44.0 Å². The quantitative estimate of drug-likeness (QED) is 0.811. The van der Waals surface area contributed by atoms with Crippen molar-refractivity contribution in [3.63, 3.8) is 0 Å². The van der Waals surface area contributed by atoms with Crippen LogP contribution in [0.3, 0.4) is 0 Å². The third kappa shape index (κ3) is 4.17. The zero-order valence-electron chi connectivity index (χ0n) is 12.1. The molecule has 1 atom stereocenters. The number of thioether (sulfide) groups is 1. The molecule has 0 bridgehead atoms. The number of tetrazole rings is 1. The molecule has 2 heterocycles. The number of hydrogen-bond acceptors (Lipinski definition) is 6. The Bertz CT molecular complexity index is 451. The minimum absolute atomic E-state index is 0.0195. The van der Waals surface area contributed by atoms with E-state index in [2.05, 4.69) is 20.8 Å². The van der Waals surface area contributed by atoms with Gasteiger partial charge in [0, 0.05) is 13.2 Å². The van der Waals surface area contributed by atoms with E-state index in [9.17, 15) is 4.79 Å². The van der Waals surface area contributed by atoms with Crippen LogP contribution in [0.1, 0.15) is 33.6 Å². The highest BCUT2D eigenvalue weighted by atomic mass is 32.2. The maximum Gasteiger partial charge on any atom is 0.230 e. The average Bonchev–Trinajstić information content (AvgIpc) is 3.03. The number of carbonyl (C=O) groups excluding carboxylic acids is 1. The first kappa shape index (κ1) is 15.2. The highest BCUT2D eigenvalue weighted by molar-refractivity contribution is 7.99. The highest BCUT2D eigenvalue weighted by Gasteiger charge is 2.21. The van der Waals surface area contributed by atoms with E-state index >= 15 is 0 Å². The van der Waals surface area contributed by atoms with Crippen LogP contribution in [-0.2, 0) is 15.1 Å². The SMILES string of the molecule is CC(C)(C)n1nnnc1SCC(=O)NC[C@H]1CCCO1. The van der Waals surface area contributed by atoms with Crippen LogP contribution in [0.5, 0.6) is 0 Å². The Kier molecular flexibility index (Phi) is 4.98. The van der Waals surface area contributed by atoms with Gasteiger partial charge in [0.1, 0.15) is 0 Å². The van der Waals surface area contributed by atoms with Gasteiger partial charge >= 0.3 is 0 Å². The summed E-state index contributed by atoms with van der Waals surface area (Å²) >= 11 is 1.35. The second-order valence-electron chi connectivity index (χ2n) is 5.77. The molecule has 2 rings (SSSR count). The fraction of sp³-hybridized carbons (Fsp3) is 0.833. The van der Waals surface area contributed by atoms with Gasteiger partial charge < -0.3 is 10.1 Å². The number of nitrogens with zero attached hydrogens (tertiary/aromatic N) is 4. The Morgan fingerprint density at radius 2 is 2.35 bits per heavy atom. The van der Waals surface area contributed by atoms with E-state index in [1.54, 1.807) is 4.68 Å². The molecule has 20 heavy (non-hydrogen) atoms. The van der Waals surface area contributed by atoms with Crippen LogP contribution in [-0.4, -0.2) is 51.1 Å². The van der Waals surface area contributed by atoms with Crippen molar-refractivity contribution in [3.05, 3.63) is 0 Å². The highest BCUT2D eigenvalue weighted by Crippen LogP contribution is 2.21. The van der Waals surface area contributed by atoms with E-state index in [4.69, 9.17) is 4.74 Å². The molecule has 0 unspecified atom stereocenters. The second-order valence-corrected chi connectivity index (χ2v) is 6.71. The van der Waals surface area contributed by atoms with Crippen molar-refractivity contribution in [2.24, 2.45) is 0 Å². The van der Waals surface area contributed by atoms with E-state index < -0.39 is 0 Å². The smallest absolute Gasteiger partial charge is 0.230 e. The fourth-order valence-corrected chi connectivity index (χ4v) is 2.79. The Labute approximate surface area is 122 Å². The van der Waals surface area contributed by atoms with Crippen molar-refractivity contribution in [1.82, 2.24) is 25.5 Å². The summed E-state index contributed by atoms with van der Waals surface area (Å²) < 4.78 is 7.19. The predicted molar refractivity (Wildman–Crippen MR) is 75.5 cm³/mol. The van der Waals surface area contributed by atoms with Crippen LogP contribution < -0.4 is 5.32 Å². The van der Waals surface area contributed by atoms with E-state index in [0.29, 0.717) is 17.5 Å². The summed E-state index contributed by atoms with van der Waals surface area (Å²) in [6.07, 6.45) is 2.27. The largest absolute Gasteiger partial charge is 0.376 e. The van der Waals surface area contributed by atoms with E-state index in [0.717, 1.165) is 19.4 Å². The molecule has 112 valence electrons. The molecule has 1 aliphatic heterocycles. The van der Waals surface area contributed by atoms with E-state index in [1.807, 2.05) is 20.8 Å². The molecule has 0 spiro atoms. The van der Waals surface area contributed by atoms with Crippen molar-refractivity contribution in [2.75, 3.05) is 18.9 Å². The molecule has 1 amide bonds. The van der Waals surface area contributed by atoms with Crippen LogP contribution in [0, 0.1) is 0 Å². The Morgan fingerprint density at radius 3 is 3.00 bits per heavy atom. The number of carbonyl (C=O) groups is 1. The second kappa shape index (κ2) is 6.53. The number of rotatable bonds is 5. The minimum Gasteiger partial charge on any atom is -0.376 e. The van der Waals surface area contributed by atoms with Gasteiger partial charge in [-0.3, -0.25) is 4.79 Å². The van der Waals surface area contributed by atoms with Crippen molar-refractivity contribution >= 4 is 17.7 Å². The Hall–Kier alpha value is -1.15. The summed E-state index contributed by atoms with van der Waals surface area (Å²) in [7, 11) is 0. The van der Waals surface area contributed by atoms with Crippen LogP contribution in [0.4, 0.5) is 0 Å². The van der Waals surface area contributed by atoms with Crippen LogP contribution in [0.2, 0.25) is 0 Å². The summed E-state index contributed by atoms with van der Waals surface area (Å²) in [6.45, 7) is 7.44. The van der Waals surface area contributed by atoms with Gasteiger partial charge in [-0.1, -0.05) is 11.8 Å². The number of aromatic nitrogens is 4. The van der Waals surface area contributed by atoms with Gasteiger partial charge in [0.25, 0.3) is 0 Å². The topological polar surface area (TPSA) is 81.9 Å². The molecule has 0 saturated carbocycles. The molecule has 1 aromatic heterocycles. The minimum atomic E-state index is -0.194. The molecule has 1 fully saturated rings. The van der Waals surface area contributed by atoms with E-state index in [-0.39, 0.29) is 17.6 Å². The molecule has 1 aromatic rings. The molecule has 0 radical (unpaired) electrons. The lowest BCUT2D eigenvalue weighted by molar-refractivity contribution is -0.119. The number of amides is 1. The zero-order valence-corrected chi connectivity index (χ0v) is 12.9. The molecule has 1 N–H and O–H groups in total. The number of hydrogen-bond donors (Lipinski definition) is 1. The first-order chi connectivity index (χ1) is 9.47. The molecular weight excluding hydrogens is 278 g/mol. The normalized spacial score (nSPS) is 19.2. The summed E-state index contributed by atoms with van der Waals surface area (Å²) in [4.78, 5) is 11.8. The average molecular weight is 299 g/mol. The molecule has 8 heteroatoms. The monoisotopic (exact) mass is 299 g/mol. The molecule has 1 saturated heterocycles. The lowest BCUT2D eigenvalue weighted by atomic mass is 10.1. The first-order valence-corrected chi connectivity index (χ1v) is 7.75. The van der Waals surface area contributed by atoms with Crippen molar-refractivity contribution in [3.8, 4) is 0 Å². The molecule has 0 aliphatic carbocycles. The molecule has 7 nitrogen and oxygen atoms in total. The Balaban J connectivity index is 1.77. The van der Waals surface area contributed by atoms with Crippen molar-refractivity contribution in [2.45, 2.75) is 50.4 Å². The molecule has 1 aliphatic rings. The van der Waals surface area contributed by atoms with Crippen molar-refractivity contribution < 1.29 is 9.53 Å². The number of ether oxygens (including phenoxy) is 1. The maximum atomic E-state index is 11.8. The first-order valence-electron chi connectivity index (χ1n) is 6.77.